The number of carbonyl (C=O) groups is 1. The lowest BCUT2D eigenvalue weighted by Crippen LogP contribution is -2.46. The van der Waals surface area contributed by atoms with Crippen molar-refractivity contribution in [3.8, 4) is 11.1 Å². The Morgan fingerprint density at radius 3 is 2.27 bits per heavy atom. The molecule has 1 fully saturated rings. The number of rotatable bonds is 6. The van der Waals surface area contributed by atoms with Gasteiger partial charge in [-0.15, -0.1) is 0 Å². The first-order chi connectivity index (χ1) is 18.0. The molecule has 1 saturated heterocycles. The Hall–Kier alpha value is -4.19. The SMILES string of the molecule is Cc1cc(C(C)C(=O)Nc2ccc(-c3ccnc(C)c3)cc2)cc(N2CCN(c3ccccn3)CC2)c1. The zero-order valence-corrected chi connectivity index (χ0v) is 21.7. The van der Waals surface area contributed by atoms with Crippen molar-refractivity contribution < 1.29 is 4.79 Å². The molecular weight excluding hydrogens is 458 g/mol. The van der Waals surface area contributed by atoms with E-state index in [4.69, 9.17) is 0 Å². The summed E-state index contributed by atoms with van der Waals surface area (Å²) in [6.07, 6.45) is 3.66. The minimum absolute atomic E-state index is 0.0102. The van der Waals surface area contributed by atoms with Gasteiger partial charge in [-0.3, -0.25) is 9.78 Å². The summed E-state index contributed by atoms with van der Waals surface area (Å²) in [5.41, 5.74) is 7.36. The van der Waals surface area contributed by atoms with E-state index in [1.807, 2.05) is 68.7 Å². The number of nitrogens with zero attached hydrogens (tertiary/aromatic N) is 4. The fraction of sp³-hybridized carbons (Fsp3) is 0.258. The van der Waals surface area contributed by atoms with Gasteiger partial charge >= 0.3 is 0 Å². The van der Waals surface area contributed by atoms with Crippen molar-refractivity contribution in [3.05, 3.63) is 102 Å². The van der Waals surface area contributed by atoms with Crippen LogP contribution in [0.4, 0.5) is 17.2 Å². The number of hydrogen-bond acceptors (Lipinski definition) is 5. The molecule has 2 aromatic carbocycles. The van der Waals surface area contributed by atoms with Crippen molar-refractivity contribution in [1.29, 1.82) is 0 Å². The highest BCUT2D eigenvalue weighted by atomic mass is 16.1. The van der Waals surface area contributed by atoms with E-state index < -0.39 is 0 Å². The lowest BCUT2D eigenvalue weighted by Gasteiger charge is -2.37. The summed E-state index contributed by atoms with van der Waals surface area (Å²) in [5, 5.41) is 3.09. The van der Waals surface area contributed by atoms with Crippen LogP contribution >= 0.6 is 0 Å². The monoisotopic (exact) mass is 491 g/mol. The van der Waals surface area contributed by atoms with E-state index in [0.717, 1.165) is 65.6 Å². The summed E-state index contributed by atoms with van der Waals surface area (Å²) in [7, 11) is 0. The number of aryl methyl sites for hydroxylation is 2. The molecule has 4 aromatic rings. The Morgan fingerprint density at radius 2 is 1.57 bits per heavy atom. The number of hydrogen-bond donors (Lipinski definition) is 1. The predicted molar refractivity (Wildman–Crippen MR) is 151 cm³/mol. The number of aromatic nitrogens is 2. The molecule has 6 nitrogen and oxygen atoms in total. The van der Waals surface area contributed by atoms with Crippen LogP contribution in [-0.4, -0.2) is 42.1 Å². The van der Waals surface area contributed by atoms with Gasteiger partial charge in [0, 0.05) is 55.6 Å². The number of amides is 1. The van der Waals surface area contributed by atoms with Gasteiger partial charge in [0.1, 0.15) is 5.82 Å². The first kappa shape index (κ1) is 24.5. The molecule has 1 atom stereocenters. The fourth-order valence-corrected chi connectivity index (χ4v) is 4.83. The summed E-state index contributed by atoms with van der Waals surface area (Å²) >= 11 is 0. The molecule has 0 spiro atoms. The molecule has 1 N–H and O–H groups in total. The smallest absolute Gasteiger partial charge is 0.231 e. The van der Waals surface area contributed by atoms with E-state index in [9.17, 15) is 4.79 Å². The Morgan fingerprint density at radius 1 is 0.811 bits per heavy atom. The van der Waals surface area contributed by atoms with Crippen molar-refractivity contribution in [2.24, 2.45) is 0 Å². The van der Waals surface area contributed by atoms with Crippen LogP contribution in [0.25, 0.3) is 11.1 Å². The van der Waals surface area contributed by atoms with Crippen LogP contribution in [0.1, 0.15) is 29.7 Å². The van der Waals surface area contributed by atoms with E-state index in [0.29, 0.717) is 0 Å². The van der Waals surface area contributed by atoms with Crippen LogP contribution < -0.4 is 15.1 Å². The standard InChI is InChI=1S/C31H33N5O/c1-22-18-27(21-29(19-22)35-14-16-36(17-15-35)30-6-4-5-12-33-30)24(3)31(37)34-28-9-7-25(8-10-28)26-11-13-32-23(2)20-26/h4-13,18-21,24H,14-17H2,1-3H3,(H,34,37). The summed E-state index contributed by atoms with van der Waals surface area (Å²) in [4.78, 5) is 26.6. The third-order valence-corrected chi connectivity index (χ3v) is 6.98. The number of anilines is 3. The zero-order chi connectivity index (χ0) is 25.8. The van der Waals surface area contributed by atoms with Crippen molar-refractivity contribution >= 4 is 23.1 Å². The van der Waals surface area contributed by atoms with Crippen molar-refractivity contribution in [3.63, 3.8) is 0 Å². The maximum absolute atomic E-state index is 13.2. The van der Waals surface area contributed by atoms with Crippen molar-refractivity contribution in [2.75, 3.05) is 41.3 Å². The summed E-state index contributed by atoms with van der Waals surface area (Å²) in [6, 6.07) is 24.6. The van der Waals surface area contributed by atoms with Crippen LogP contribution in [0, 0.1) is 13.8 Å². The molecule has 1 aliphatic rings. The molecule has 188 valence electrons. The molecule has 1 amide bonds. The Balaban J connectivity index is 1.24. The number of pyridine rings is 2. The summed E-state index contributed by atoms with van der Waals surface area (Å²) in [6.45, 7) is 9.74. The van der Waals surface area contributed by atoms with Gasteiger partial charge in [0.05, 0.1) is 5.92 Å². The molecule has 37 heavy (non-hydrogen) atoms. The second-order valence-corrected chi connectivity index (χ2v) is 9.74. The second kappa shape index (κ2) is 10.8. The van der Waals surface area contributed by atoms with E-state index in [-0.39, 0.29) is 11.8 Å². The first-order valence-electron chi connectivity index (χ1n) is 12.8. The maximum Gasteiger partial charge on any atom is 0.231 e. The van der Waals surface area contributed by atoms with E-state index >= 15 is 0 Å². The van der Waals surface area contributed by atoms with Gasteiger partial charge in [0.25, 0.3) is 0 Å². The summed E-state index contributed by atoms with van der Waals surface area (Å²) < 4.78 is 0. The third kappa shape index (κ3) is 5.80. The topological polar surface area (TPSA) is 61.4 Å². The van der Waals surface area contributed by atoms with Crippen molar-refractivity contribution in [2.45, 2.75) is 26.7 Å². The molecule has 5 rings (SSSR count). The normalized spacial score (nSPS) is 14.4. The number of carbonyl (C=O) groups excluding carboxylic acids is 1. The molecule has 6 heteroatoms. The van der Waals surface area contributed by atoms with E-state index in [1.165, 1.54) is 5.69 Å². The van der Waals surface area contributed by atoms with Gasteiger partial charge < -0.3 is 15.1 Å². The van der Waals surface area contributed by atoms with Gasteiger partial charge in [-0.25, -0.2) is 4.98 Å². The average molecular weight is 492 g/mol. The van der Waals surface area contributed by atoms with Crippen molar-refractivity contribution in [1.82, 2.24) is 9.97 Å². The Labute approximate surface area is 219 Å². The fourth-order valence-electron chi connectivity index (χ4n) is 4.83. The second-order valence-electron chi connectivity index (χ2n) is 9.74. The summed E-state index contributed by atoms with van der Waals surface area (Å²) in [5.74, 6) is 0.751. The van der Waals surface area contributed by atoms with Gasteiger partial charge in [0.15, 0.2) is 0 Å². The van der Waals surface area contributed by atoms with Gasteiger partial charge in [-0.2, -0.15) is 0 Å². The molecule has 0 aliphatic carbocycles. The van der Waals surface area contributed by atoms with Crippen LogP contribution in [0.3, 0.4) is 0 Å². The number of benzene rings is 2. The molecule has 1 unspecified atom stereocenters. The van der Waals surface area contributed by atoms with Crippen LogP contribution in [0.5, 0.6) is 0 Å². The minimum atomic E-state index is -0.268. The molecule has 1 aliphatic heterocycles. The number of nitrogens with one attached hydrogen (secondary N) is 1. The van der Waals surface area contributed by atoms with Gasteiger partial charge in [-0.1, -0.05) is 24.3 Å². The molecule has 0 radical (unpaired) electrons. The molecular formula is C31H33N5O. The van der Waals surface area contributed by atoms with E-state index in [1.54, 1.807) is 0 Å². The lowest BCUT2D eigenvalue weighted by molar-refractivity contribution is -0.117. The van der Waals surface area contributed by atoms with Crippen LogP contribution in [0.15, 0.2) is 85.2 Å². The van der Waals surface area contributed by atoms with Gasteiger partial charge in [0.2, 0.25) is 5.91 Å². The zero-order valence-electron chi connectivity index (χ0n) is 21.7. The van der Waals surface area contributed by atoms with Crippen LogP contribution in [-0.2, 0) is 4.79 Å². The molecule has 2 aromatic heterocycles. The third-order valence-electron chi connectivity index (χ3n) is 6.98. The highest BCUT2D eigenvalue weighted by molar-refractivity contribution is 5.96. The molecule has 3 heterocycles. The maximum atomic E-state index is 13.2. The lowest BCUT2D eigenvalue weighted by atomic mass is 9.97. The highest BCUT2D eigenvalue weighted by Gasteiger charge is 2.21. The Kier molecular flexibility index (Phi) is 7.17. The predicted octanol–water partition coefficient (Wildman–Crippen LogP) is 5.83. The average Bonchev–Trinajstić information content (AvgIpc) is 2.93. The first-order valence-corrected chi connectivity index (χ1v) is 12.8. The molecule has 0 bridgehead atoms. The number of piperazine rings is 1. The highest BCUT2D eigenvalue weighted by Crippen LogP contribution is 2.28. The Bertz CT molecular complexity index is 1360. The minimum Gasteiger partial charge on any atom is -0.368 e. The van der Waals surface area contributed by atoms with Gasteiger partial charge in [-0.05, 0) is 91.6 Å². The van der Waals surface area contributed by atoms with Crippen LogP contribution in [0.2, 0.25) is 0 Å². The molecule has 0 saturated carbocycles. The quantitative estimate of drug-likeness (QED) is 0.368. The van der Waals surface area contributed by atoms with E-state index in [2.05, 4.69) is 62.3 Å². The largest absolute Gasteiger partial charge is 0.368 e.